The molecule has 224 valence electrons. The van der Waals surface area contributed by atoms with Crippen molar-refractivity contribution in [3.05, 3.63) is 64.5 Å². The van der Waals surface area contributed by atoms with Crippen LogP contribution in [0.1, 0.15) is 38.2 Å². The van der Waals surface area contributed by atoms with Crippen LogP contribution in [0, 0.1) is 34.9 Å². The molecule has 0 unspecified atom stereocenters. The highest BCUT2D eigenvalue weighted by Crippen LogP contribution is 2.64. The second-order valence-electron chi connectivity index (χ2n) is 11.4. The number of carbonyl (C=O) groups is 5. The number of phenolic OH excluding ortho intramolecular Hbond substituents is 1. The molecule has 2 aromatic rings. The van der Waals surface area contributed by atoms with E-state index in [1.54, 1.807) is 38.1 Å². The molecule has 3 fully saturated rings. The van der Waals surface area contributed by atoms with Crippen molar-refractivity contribution in [2.24, 2.45) is 29.1 Å². The van der Waals surface area contributed by atoms with Gasteiger partial charge in [-0.15, -0.1) is 0 Å². The highest BCUT2D eigenvalue weighted by molar-refractivity contribution is 6.31. The number of rotatable bonds is 4. The lowest BCUT2D eigenvalue weighted by Crippen LogP contribution is -2.49. The van der Waals surface area contributed by atoms with Crippen LogP contribution >= 0.6 is 11.6 Å². The molecule has 2 aromatic carbocycles. The predicted octanol–water partition coefficient (Wildman–Crippen LogP) is 4.58. The largest absolute Gasteiger partial charge is 0.504 e. The number of phenols is 1. The molecule has 43 heavy (non-hydrogen) atoms. The van der Waals surface area contributed by atoms with Crippen LogP contribution in [-0.2, 0) is 23.9 Å². The topological polar surface area (TPSA) is 131 Å². The molecule has 6 atom stereocenters. The summed E-state index contributed by atoms with van der Waals surface area (Å²) < 4.78 is 24.3. The third kappa shape index (κ3) is 3.93. The number of aromatic hydroxyl groups is 1. The zero-order chi connectivity index (χ0) is 31.0. The Morgan fingerprint density at radius 1 is 1.12 bits per heavy atom. The normalized spacial score (nSPS) is 29.7. The molecule has 6 rings (SSSR count). The van der Waals surface area contributed by atoms with Crippen molar-refractivity contribution in [3.8, 4) is 11.5 Å². The van der Waals surface area contributed by atoms with E-state index in [0.717, 1.165) is 18.1 Å². The van der Waals surface area contributed by atoms with Gasteiger partial charge in [0.1, 0.15) is 5.82 Å². The van der Waals surface area contributed by atoms with Gasteiger partial charge in [-0.3, -0.25) is 19.2 Å². The first kappa shape index (κ1) is 28.9. The number of hydrogen-bond donors (Lipinski definition) is 1. The van der Waals surface area contributed by atoms with Crippen LogP contribution in [0.5, 0.6) is 11.5 Å². The van der Waals surface area contributed by atoms with E-state index in [1.807, 2.05) is 0 Å². The second kappa shape index (κ2) is 10.2. The van der Waals surface area contributed by atoms with Gasteiger partial charge in [0, 0.05) is 11.5 Å². The average Bonchev–Trinajstić information content (AvgIpc) is 3.35. The van der Waals surface area contributed by atoms with E-state index in [9.17, 15) is 33.5 Å². The summed E-state index contributed by atoms with van der Waals surface area (Å²) in [6.45, 7) is 3.66. The Morgan fingerprint density at radius 2 is 1.86 bits per heavy atom. The van der Waals surface area contributed by atoms with E-state index in [4.69, 9.17) is 21.1 Å². The first-order valence-electron chi connectivity index (χ1n) is 13.9. The van der Waals surface area contributed by atoms with Gasteiger partial charge < -0.3 is 14.6 Å². The highest BCUT2D eigenvalue weighted by atomic mass is 35.5. The van der Waals surface area contributed by atoms with Crippen LogP contribution in [-0.4, -0.2) is 53.4 Å². The molecular weight excluding hydrogens is 583 g/mol. The Morgan fingerprint density at radius 3 is 2.53 bits per heavy atom. The summed E-state index contributed by atoms with van der Waals surface area (Å²) in [4.78, 5) is 69.3. The van der Waals surface area contributed by atoms with Gasteiger partial charge in [0.15, 0.2) is 11.5 Å². The summed E-state index contributed by atoms with van der Waals surface area (Å²) in [5, 5.41) is 11.1. The first-order valence-corrected chi connectivity index (χ1v) is 14.3. The zero-order valence-electron chi connectivity index (χ0n) is 23.5. The lowest BCUT2D eigenvalue weighted by atomic mass is 9.51. The molecule has 2 saturated heterocycles. The number of methoxy groups -OCH3 is 1. The molecule has 4 aliphatic rings. The van der Waals surface area contributed by atoms with Gasteiger partial charge in [0.25, 0.3) is 0 Å². The number of benzene rings is 2. The number of carbonyl (C=O) groups excluding carboxylic acids is 5. The van der Waals surface area contributed by atoms with Gasteiger partial charge >= 0.3 is 6.09 Å². The maximum absolute atomic E-state index is 14.4. The fourth-order valence-electron chi connectivity index (χ4n) is 7.55. The van der Waals surface area contributed by atoms with Gasteiger partial charge in [-0.05, 0) is 56.9 Å². The number of amides is 5. The van der Waals surface area contributed by atoms with Crippen LogP contribution in [0.25, 0.3) is 0 Å². The minimum absolute atomic E-state index is 0.0238. The van der Waals surface area contributed by atoms with Gasteiger partial charge in [-0.2, -0.15) is 4.90 Å². The number of allylic oxidation sites excluding steroid dienone is 2. The Labute approximate surface area is 251 Å². The number of anilines is 1. The molecule has 0 spiro atoms. The van der Waals surface area contributed by atoms with Crippen molar-refractivity contribution >= 4 is 47.0 Å². The smallest absolute Gasteiger partial charge is 0.423 e. The van der Waals surface area contributed by atoms with E-state index < -0.39 is 70.5 Å². The van der Waals surface area contributed by atoms with Crippen LogP contribution in [0.2, 0.25) is 5.02 Å². The first-order chi connectivity index (χ1) is 20.5. The number of imide groups is 4. The Bertz CT molecular complexity index is 1640. The number of likely N-dealkylation sites (tertiary alicyclic amines) is 1. The molecular formula is C31H28ClFN2O8. The van der Waals surface area contributed by atoms with E-state index in [1.165, 1.54) is 12.1 Å². The number of para-hydroxylation sites is 1. The van der Waals surface area contributed by atoms with Crippen molar-refractivity contribution in [1.29, 1.82) is 0 Å². The Balaban J connectivity index is 1.54. The molecule has 1 saturated carbocycles. The molecule has 0 bridgehead atoms. The van der Waals surface area contributed by atoms with E-state index in [2.05, 4.69) is 0 Å². The molecule has 2 aliphatic carbocycles. The quantitative estimate of drug-likeness (QED) is 0.393. The van der Waals surface area contributed by atoms with Crippen molar-refractivity contribution in [2.45, 2.75) is 32.6 Å². The second-order valence-corrected chi connectivity index (χ2v) is 11.8. The average molecular weight is 611 g/mol. The monoisotopic (exact) mass is 610 g/mol. The Kier molecular flexibility index (Phi) is 6.83. The van der Waals surface area contributed by atoms with Crippen molar-refractivity contribution in [1.82, 2.24) is 4.90 Å². The van der Waals surface area contributed by atoms with Crippen LogP contribution < -0.4 is 9.64 Å². The third-order valence-electron chi connectivity index (χ3n) is 9.43. The van der Waals surface area contributed by atoms with E-state index in [0.29, 0.717) is 16.0 Å². The lowest BCUT2D eigenvalue weighted by Gasteiger charge is -2.49. The summed E-state index contributed by atoms with van der Waals surface area (Å²) >= 11 is 6.02. The minimum atomic E-state index is -1.46. The SMILES string of the molecule is CCOc1cccc([C@H]2C3=CC[C@@H]4C(=O)N(C(=O)OC)C(=O)[C@@H]4[C@@H]3C[C@H]3C(=O)N(c4ccc(F)c(Cl)c4)C(=O)[C@@]23C)c1O. The lowest BCUT2D eigenvalue weighted by molar-refractivity contribution is -0.138. The van der Waals surface area contributed by atoms with E-state index in [-0.39, 0.29) is 41.7 Å². The fourth-order valence-corrected chi connectivity index (χ4v) is 7.72. The van der Waals surface area contributed by atoms with Crippen LogP contribution in [0.15, 0.2) is 48.0 Å². The number of ether oxygens (including phenoxy) is 2. The number of nitrogens with zero attached hydrogens (tertiary/aromatic N) is 2. The van der Waals surface area contributed by atoms with Crippen molar-refractivity contribution in [3.63, 3.8) is 0 Å². The molecule has 2 aliphatic heterocycles. The molecule has 0 aromatic heterocycles. The molecule has 12 heteroatoms. The van der Waals surface area contributed by atoms with Crippen molar-refractivity contribution < 1.29 is 42.9 Å². The van der Waals surface area contributed by atoms with Crippen molar-refractivity contribution in [2.75, 3.05) is 18.6 Å². The fraction of sp³-hybridized carbons (Fsp3) is 0.387. The maximum atomic E-state index is 14.4. The standard InChI is InChI=1S/C31H28ClFN2O8/c1-4-43-22-7-5-6-17(25(22)36)24-15-9-10-16-23(28(39)35(26(16)37)30(41)42-3)18(15)13-19-27(38)34(29(40)31(19,24)2)14-8-11-21(33)20(32)12-14/h5-9,11-12,16,18-19,23-24,36H,4,10,13H2,1-3H3/t16-,18+,19-,23-,24+,31+/m0/s1. The minimum Gasteiger partial charge on any atom is -0.504 e. The third-order valence-corrected chi connectivity index (χ3v) is 9.72. The summed E-state index contributed by atoms with van der Waals surface area (Å²) in [5.74, 6) is -7.78. The zero-order valence-corrected chi connectivity index (χ0v) is 24.3. The number of halogens is 2. The molecule has 5 amide bonds. The maximum Gasteiger partial charge on any atom is 0.423 e. The highest BCUT2D eigenvalue weighted by Gasteiger charge is 2.68. The summed E-state index contributed by atoms with van der Waals surface area (Å²) in [6, 6.07) is 8.43. The van der Waals surface area contributed by atoms with Gasteiger partial charge in [0.2, 0.25) is 23.6 Å². The molecule has 2 heterocycles. The van der Waals surface area contributed by atoms with Crippen LogP contribution in [0.3, 0.4) is 0 Å². The number of hydrogen-bond acceptors (Lipinski definition) is 8. The summed E-state index contributed by atoms with van der Waals surface area (Å²) in [7, 11) is 1.07. The van der Waals surface area contributed by atoms with Gasteiger partial charge in [-0.1, -0.05) is 35.4 Å². The van der Waals surface area contributed by atoms with E-state index >= 15 is 0 Å². The van der Waals surface area contributed by atoms with Gasteiger partial charge in [0.05, 0.1) is 47.6 Å². The molecule has 10 nitrogen and oxygen atoms in total. The molecule has 1 N–H and O–H groups in total. The Hall–Kier alpha value is -4.25. The van der Waals surface area contributed by atoms with Gasteiger partial charge in [-0.25, -0.2) is 14.1 Å². The van der Waals surface area contributed by atoms with Crippen LogP contribution in [0.4, 0.5) is 14.9 Å². The summed E-state index contributed by atoms with van der Waals surface area (Å²) in [6.07, 6.45) is 0.829. The summed E-state index contributed by atoms with van der Waals surface area (Å²) in [5.41, 5.74) is -0.447. The molecule has 0 radical (unpaired) electrons. The number of fused-ring (bicyclic) bond motifs is 4. The predicted molar refractivity (Wildman–Crippen MR) is 150 cm³/mol.